The van der Waals surface area contributed by atoms with Gasteiger partial charge in [-0.1, -0.05) is 84.1 Å². The maximum absolute atomic E-state index is 12.3. The predicted octanol–water partition coefficient (Wildman–Crippen LogP) is 6.04. The first kappa shape index (κ1) is 19.6. The summed E-state index contributed by atoms with van der Waals surface area (Å²) < 4.78 is 5.84. The second-order valence-electron chi connectivity index (χ2n) is 6.57. The lowest BCUT2D eigenvalue weighted by Gasteiger charge is -2.06. The van der Waals surface area contributed by atoms with Crippen molar-refractivity contribution >= 4 is 28.5 Å². The molecule has 0 aliphatic heterocycles. The molecule has 1 amide bonds. The minimum absolute atomic E-state index is 0.223. The van der Waals surface area contributed by atoms with Crippen molar-refractivity contribution < 1.29 is 9.53 Å². The third-order valence-corrected chi connectivity index (χ3v) is 5.29. The Kier molecular flexibility index (Phi) is 6.32. The minimum atomic E-state index is -0.223. The zero-order chi connectivity index (χ0) is 20.6. The molecule has 0 atom stereocenters. The number of nitrogens with one attached hydrogen (secondary N) is 1. The van der Waals surface area contributed by atoms with Crippen molar-refractivity contribution in [1.29, 1.82) is 0 Å². The number of benzene rings is 3. The molecule has 0 saturated carbocycles. The smallest absolute Gasteiger partial charge is 0.250 e. The summed E-state index contributed by atoms with van der Waals surface area (Å²) in [4.78, 5) is 17.6. The van der Waals surface area contributed by atoms with E-state index in [0.29, 0.717) is 11.7 Å². The molecule has 1 N–H and O–H groups in total. The Hall–Kier alpha value is -3.70. The Bertz CT molecular complexity index is 1140. The monoisotopic (exact) mass is 412 g/mol. The molecule has 0 spiro atoms. The van der Waals surface area contributed by atoms with E-state index >= 15 is 0 Å². The first-order valence-corrected chi connectivity index (χ1v) is 10.3. The molecule has 3 aromatic carbocycles. The van der Waals surface area contributed by atoms with Gasteiger partial charge in [-0.3, -0.25) is 10.1 Å². The van der Waals surface area contributed by atoms with Gasteiger partial charge in [0.1, 0.15) is 12.4 Å². The fourth-order valence-corrected chi connectivity index (χ4v) is 3.66. The van der Waals surface area contributed by atoms with Crippen LogP contribution < -0.4 is 10.1 Å². The molecule has 30 heavy (non-hydrogen) atoms. The fourth-order valence-electron chi connectivity index (χ4n) is 2.84. The third kappa shape index (κ3) is 5.43. The number of rotatable bonds is 7. The van der Waals surface area contributed by atoms with Gasteiger partial charge < -0.3 is 4.74 Å². The Morgan fingerprint density at radius 2 is 1.73 bits per heavy atom. The molecular weight excluding hydrogens is 392 g/mol. The lowest BCUT2D eigenvalue weighted by atomic mass is 10.2. The number of aromatic nitrogens is 1. The zero-order valence-electron chi connectivity index (χ0n) is 16.2. The number of hydrogen-bond donors (Lipinski definition) is 1. The molecule has 0 unspecified atom stereocenters. The van der Waals surface area contributed by atoms with Gasteiger partial charge in [-0.15, -0.1) is 0 Å². The predicted molar refractivity (Wildman–Crippen MR) is 122 cm³/mol. The van der Waals surface area contributed by atoms with Crippen LogP contribution in [0.2, 0.25) is 0 Å². The van der Waals surface area contributed by atoms with Crippen LogP contribution >= 0.6 is 11.3 Å². The van der Waals surface area contributed by atoms with Crippen molar-refractivity contribution in [3.8, 4) is 16.2 Å². The number of amides is 1. The van der Waals surface area contributed by atoms with Crippen LogP contribution in [-0.2, 0) is 11.4 Å². The van der Waals surface area contributed by atoms with E-state index in [-0.39, 0.29) is 5.91 Å². The summed E-state index contributed by atoms with van der Waals surface area (Å²) in [6.45, 7) is 0.502. The maximum atomic E-state index is 12.3. The molecule has 0 saturated heterocycles. The highest BCUT2D eigenvalue weighted by Crippen LogP contribution is 2.28. The normalized spacial score (nSPS) is 10.8. The van der Waals surface area contributed by atoms with Gasteiger partial charge in [0.2, 0.25) is 5.91 Å². The average molecular weight is 413 g/mol. The van der Waals surface area contributed by atoms with Gasteiger partial charge >= 0.3 is 0 Å². The van der Waals surface area contributed by atoms with Gasteiger partial charge in [0.25, 0.3) is 0 Å². The van der Waals surface area contributed by atoms with Gasteiger partial charge in [0.15, 0.2) is 5.13 Å². The van der Waals surface area contributed by atoms with Crippen molar-refractivity contribution in [1.82, 2.24) is 4.98 Å². The molecular formula is C25H20N2O2S. The largest absolute Gasteiger partial charge is 0.489 e. The third-order valence-electron chi connectivity index (χ3n) is 4.33. The number of thiazole rings is 1. The van der Waals surface area contributed by atoms with Crippen LogP contribution in [-0.4, -0.2) is 10.9 Å². The van der Waals surface area contributed by atoms with Crippen molar-refractivity contribution in [3.05, 3.63) is 108 Å². The number of nitrogens with zero attached hydrogens (tertiary/aromatic N) is 1. The quantitative estimate of drug-likeness (QED) is 0.377. The lowest BCUT2D eigenvalue weighted by molar-refractivity contribution is -0.111. The standard InChI is InChI=1S/C25H20N2O2S/c28-24(27-25-26-17-23(30-25)21-11-5-2-6-12-21)15-14-19-10-7-13-22(16-19)29-18-20-8-3-1-4-9-20/h1-17H,18H2,(H,26,27,28)/b15-14+. The highest BCUT2D eigenvalue weighted by molar-refractivity contribution is 7.19. The number of anilines is 1. The molecule has 4 rings (SSSR count). The van der Waals surface area contributed by atoms with Gasteiger partial charge in [-0.05, 0) is 34.9 Å². The van der Waals surface area contributed by atoms with Crippen molar-refractivity contribution in [2.45, 2.75) is 6.61 Å². The number of ether oxygens (including phenoxy) is 1. The first-order chi connectivity index (χ1) is 14.8. The first-order valence-electron chi connectivity index (χ1n) is 9.53. The van der Waals surface area contributed by atoms with Gasteiger partial charge in [-0.25, -0.2) is 4.98 Å². The van der Waals surface area contributed by atoms with Crippen LogP contribution in [0.15, 0.2) is 97.2 Å². The number of carbonyl (C=O) groups excluding carboxylic acids is 1. The highest BCUT2D eigenvalue weighted by atomic mass is 32.1. The van der Waals surface area contributed by atoms with Crippen LogP contribution in [0.5, 0.6) is 5.75 Å². The second kappa shape index (κ2) is 9.67. The number of carbonyl (C=O) groups is 1. The minimum Gasteiger partial charge on any atom is -0.489 e. The maximum Gasteiger partial charge on any atom is 0.250 e. The SMILES string of the molecule is O=C(/C=C/c1cccc(OCc2ccccc2)c1)Nc1ncc(-c2ccccc2)s1. The summed E-state index contributed by atoms with van der Waals surface area (Å²) in [5, 5.41) is 3.39. The molecule has 4 nitrogen and oxygen atoms in total. The summed E-state index contributed by atoms with van der Waals surface area (Å²) in [6, 6.07) is 27.6. The molecule has 5 heteroatoms. The molecule has 1 heterocycles. The molecule has 1 aromatic heterocycles. The van der Waals surface area contributed by atoms with Crippen LogP contribution in [0.25, 0.3) is 16.5 Å². The van der Waals surface area contributed by atoms with Crippen molar-refractivity contribution in [2.75, 3.05) is 5.32 Å². The van der Waals surface area contributed by atoms with E-state index in [9.17, 15) is 4.79 Å². The molecule has 0 fully saturated rings. The van der Waals surface area contributed by atoms with Crippen LogP contribution in [0.1, 0.15) is 11.1 Å². The van der Waals surface area contributed by atoms with Crippen LogP contribution in [0.4, 0.5) is 5.13 Å². The molecule has 4 aromatic rings. The lowest BCUT2D eigenvalue weighted by Crippen LogP contribution is -2.07. The summed E-state index contributed by atoms with van der Waals surface area (Å²) >= 11 is 1.45. The molecule has 148 valence electrons. The van der Waals surface area contributed by atoms with E-state index in [1.165, 1.54) is 17.4 Å². The van der Waals surface area contributed by atoms with Crippen molar-refractivity contribution in [3.63, 3.8) is 0 Å². The second-order valence-corrected chi connectivity index (χ2v) is 7.60. The molecule has 0 aliphatic rings. The van der Waals surface area contributed by atoms with E-state index in [4.69, 9.17) is 4.74 Å². The molecule has 0 bridgehead atoms. The summed E-state index contributed by atoms with van der Waals surface area (Å²) in [5.41, 5.74) is 3.08. The topological polar surface area (TPSA) is 51.2 Å². The Morgan fingerprint density at radius 3 is 2.53 bits per heavy atom. The molecule has 0 aliphatic carbocycles. The number of hydrogen-bond acceptors (Lipinski definition) is 4. The van der Waals surface area contributed by atoms with Gasteiger partial charge in [0.05, 0.1) is 4.88 Å². The van der Waals surface area contributed by atoms with E-state index in [2.05, 4.69) is 10.3 Å². The van der Waals surface area contributed by atoms with Crippen molar-refractivity contribution in [2.24, 2.45) is 0 Å². The van der Waals surface area contributed by atoms with E-state index in [1.54, 1.807) is 12.3 Å². The molecule has 0 radical (unpaired) electrons. The van der Waals surface area contributed by atoms with Gasteiger partial charge in [-0.2, -0.15) is 0 Å². The Balaban J connectivity index is 1.34. The summed E-state index contributed by atoms with van der Waals surface area (Å²) in [6.07, 6.45) is 5.03. The summed E-state index contributed by atoms with van der Waals surface area (Å²) in [5.74, 6) is 0.536. The van der Waals surface area contributed by atoms with E-state index < -0.39 is 0 Å². The van der Waals surface area contributed by atoms with Crippen LogP contribution in [0, 0.1) is 0 Å². The van der Waals surface area contributed by atoms with Crippen LogP contribution in [0.3, 0.4) is 0 Å². The fraction of sp³-hybridized carbons (Fsp3) is 0.0400. The highest BCUT2D eigenvalue weighted by Gasteiger charge is 2.06. The Morgan fingerprint density at radius 1 is 0.967 bits per heavy atom. The Labute approximate surface area is 179 Å². The average Bonchev–Trinajstić information content (AvgIpc) is 3.26. The van der Waals surface area contributed by atoms with E-state index in [1.807, 2.05) is 84.9 Å². The zero-order valence-corrected chi connectivity index (χ0v) is 17.0. The van der Waals surface area contributed by atoms with Gasteiger partial charge in [0, 0.05) is 12.3 Å². The van der Waals surface area contributed by atoms with E-state index in [0.717, 1.165) is 27.3 Å². The summed E-state index contributed by atoms with van der Waals surface area (Å²) in [7, 11) is 0.